The molecule has 0 aromatic carbocycles. The van der Waals surface area contributed by atoms with E-state index in [9.17, 15) is 0 Å². The summed E-state index contributed by atoms with van der Waals surface area (Å²) in [6, 6.07) is 0. The zero-order chi connectivity index (χ0) is 6.91. The Morgan fingerprint density at radius 2 is 2.22 bits per heavy atom. The van der Waals surface area contributed by atoms with Crippen molar-refractivity contribution in [3.8, 4) is 0 Å². The molecule has 0 aromatic heterocycles. The lowest BCUT2D eigenvalue weighted by Crippen LogP contribution is -2.36. The number of ether oxygens (including phenoxy) is 2. The molecule has 0 spiro atoms. The van der Waals surface area contributed by atoms with Gasteiger partial charge in [0, 0.05) is 0 Å². The Hall–Kier alpha value is -0.740. The summed E-state index contributed by atoms with van der Waals surface area (Å²) in [5.74, 6) is -2.12. The van der Waals surface area contributed by atoms with Crippen LogP contribution >= 0.6 is 0 Å². The largest absolute Gasteiger partial charge is 0.465 e. The third-order valence-corrected chi connectivity index (χ3v) is 0.968. The lowest BCUT2D eigenvalue weighted by Gasteiger charge is -2.27. The lowest BCUT2D eigenvalue weighted by molar-refractivity contribution is -0.360. The van der Waals surface area contributed by atoms with Crippen molar-refractivity contribution >= 4 is 0 Å². The van der Waals surface area contributed by atoms with Crippen LogP contribution in [0, 0.1) is 0 Å². The van der Waals surface area contributed by atoms with E-state index in [2.05, 4.69) is 16.1 Å². The summed E-state index contributed by atoms with van der Waals surface area (Å²) < 4.78 is 9.04. The van der Waals surface area contributed by atoms with Gasteiger partial charge >= 0.3 is 5.97 Å². The predicted molar refractivity (Wildman–Crippen MR) is 28.0 cm³/mol. The number of hydrogen-bond acceptors (Lipinski definition) is 4. The van der Waals surface area contributed by atoms with E-state index >= 15 is 0 Å². The summed E-state index contributed by atoms with van der Waals surface area (Å²) in [6.45, 7) is 3.47. The molecule has 1 rings (SSSR count). The Morgan fingerprint density at radius 3 is 2.56 bits per heavy atom. The molecule has 1 aliphatic heterocycles. The molecule has 52 valence electrons. The summed E-state index contributed by atoms with van der Waals surface area (Å²) in [6.07, 6.45) is 0.0476. The molecule has 0 unspecified atom stereocenters. The van der Waals surface area contributed by atoms with E-state index in [1.807, 2.05) is 0 Å². The quantitative estimate of drug-likeness (QED) is 0.437. The highest BCUT2D eigenvalue weighted by Gasteiger charge is 2.30. The summed E-state index contributed by atoms with van der Waals surface area (Å²) in [4.78, 5) is 0. The van der Waals surface area contributed by atoms with E-state index in [1.54, 1.807) is 0 Å². The highest BCUT2D eigenvalue weighted by atomic mass is 16.8. The van der Waals surface area contributed by atoms with Gasteiger partial charge in [0.25, 0.3) is 5.95 Å². The maximum atomic E-state index is 8.74. The van der Waals surface area contributed by atoms with E-state index in [0.717, 1.165) is 0 Å². The van der Waals surface area contributed by atoms with Crippen LogP contribution in [-0.4, -0.2) is 22.8 Å². The van der Waals surface area contributed by atoms with Crippen LogP contribution in [0.2, 0.25) is 0 Å². The molecule has 4 heteroatoms. The van der Waals surface area contributed by atoms with Gasteiger partial charge in [-0.1, -0.05) is 0 Å². The Balaban J connectivity index is 2.51. The Bertz CT molecular complexity index is 129. The molecular formula is C5H8O4. The molecular weight excluding hydrogens is 124 g/mol. The first-order chi connectivity index (χ1) is 4.10. The summed E-state index contributed by atoms with van der Waals surface area (Å²) in [5, 5.41) is 17.5. The van der Waals surface area contributed by atoms with Gasteiger partial charge in [-0.05, 0) is 6.58 Å². The first-order valence-corrected chi connectivity index (χ1v) is 2.56. The number of aliphatic hydroxyl groups is 2. The summed E-state index contributed by atoms with van der Waals surface area (Å²) in [5.41, 5.74) is 0. The zero-order valence-electron chi connectivity index (χ0n) is 4.83. The van der Waals surface area contributed by atoms with Gasteiger partial charge in [0.2, 0.25) is 0 Å². The van der Waals surface area contributed by atoms with Crippen molar-refractivity contribution < 1.29 is 19.7 Å². The molecule has 1 fully saturated rings. The van der Waals surface area contributed by atoms with Crippen molar-refractivity contribution in [2.75, 3.05) is 6.61 Å². The number of hydrogen-bond donors (Lipinski definition) is 2. The second-order valence-corrected chi connectivity index (χ2v) is 1.82. The van der Waals surface area contributed by atoms with Gasteiger partial charge in [0.1, 0.15) is 6.61 Å². The number of rotatable bonds is 0. The molecule has 4 nitrogen and oxygen atoms in total. The fourth-order valence-corrected chi connectivity index (χ4v) is 0.561. The van der Waals surface area contributed by atoms with E-state index in [4.69, 9.17) is 10.2 Å². The smallest absolute Gasteiger partial charge is 0.327 e. The van der Waals surface area contributed by atoms with Crippen molar-refractivity contribution in [2.24, 2.45) is 0 Å². The second-order valence-electron chi connectivity index (χ2n) is 1.82. The van der Waals surface area contributed by atoms with Crippen LogP contribution < -0.4 is 0 Å². The Labute approximate surface area is 52.3 Å². The average molecular weight is 132 g/mol. The molecule has 1 aliphatic rings. The van der Waals surface area contributed by atoms with Crippen LogP contribution in [0.5, 0.6) is 0 Å². The first kappa shape index (κ1) is 6.38. The maximum Gasteiger partial charge on any atom is 0.327 e. The minimum absolute atomic E-state index is 0.0476. The molecule has 0 radical (unpaired) electrons. The van der Waals surface area contributed by atoms with Crippen LogP contribution in [0.25, 0.3) is 0 Å². The fourth-order valence-electron chi connectivity index (χ4n) is 0.561. The normalized spacial score (nSPS) is 24.4. The average Bonchev–Trinajstić information content (AvgIpc) is 1.60. The van der Waals surface area contributed by atoms with E-state index in [1.165, 1.54) is 0 Å². The Morgan fingerprint density at radius 1 is 1.56 bits per heavy atom. The second kappa shape index (κ2) is 1.89. The van der Waals surface area contributed by atoms with Crippen molar-refractivity contribution in [3.63, 3.8) is 0 Å². The minimum atomic E-state index is -2.07. The van der Waals surface area contributed by atoms with Crippen molar-refractivity contribution in [2.45, 2.75) is 12.4 Å². The van der Waals surface area contributed by atoms with Gasteiger partial charge in [0.15, 0.2) is 0 Å². The van der Waals surface area contributed by atoms with Crippen LogP contribution in [0.3, 0.4) is 0 Å². The molecule has 0 atom stereocenters. The van der Waals surface area contributed by atoms with Gasteiger partial charge in [-0.2, -0.15) is 0 Å². The molecule has 2 N–H and O–H groups in total. The molecule has 0 bridgehead atoms. The van der Waals surface area contributed by atoms with Crippen molar-refractivity contribution in [1.29, 1.82) is 0 Å². The van der Waals surface area contributed by atoms with Crippen molar-refractivity contribution in [3.05, 3.63) is 12.5 Å². The SMILES string of the molecule is C=C1OCCC(O)(O)O1. The third-order valence-electron chi connectivity index (χ3n) is 0.968. The lowest BCUT2D eigenvalue weighted by atomic mass is 10.4. The van der Waals surface area contributed by atoms with Crippen LogP contribution in [0.1, 0.15) is 6.42 Å². The topological polar surface area (TPSA) is 58.9 Å². The summed E-state index contributed by atoms with van der Waals surface area (Å²) >= 11 is 0. The first-order valence-electron chi connectivity index (χ1n) is 2.56. The fraction of sp³-hybridized carbons (Fsp3) is 0.600. The summed E-state index contributed by atoms with van der Waals surface area (Å²) in [7, 11) is 0. The Kier molecular flexibility index (Phi) is 1.34. The third kappa shape index (κ3) is 1.58. The maximum absolute atomic E-state index is 8.74. The monoisotopic (exact) mass is 132 g/mol. The van der Waals surface area contributed by atoms with Gasteiger partial charge in [-0.3, -0.25) is 0 Å². The predicted octanol–water partition coefficient (Wildman–Crippen LogP) is -0.467. The molecule has 0 saturated carbocycles. The molecule has 9 heavy (non-hydrogen) atoms. The highest BCUT2D eigenvalue weighted by Crippen LogP contribution is 2.18. The van der Waals surface area contributed by atoms with Crippen LogP contribution in [-0.2, 0) is 9.47 Å². The molecule has 0 aromatic rings. The molecule has 0 aliphatic carbocycles. The van der Waals surface area contributed by atoms with Crippen LogP contribution in [0.15, 0.2) is 12.5 Å². The van der Waals surface area contributed by atoms with Gasteiger partial charge in [-0.15, -0.1) is 0 Å². The van der Waals surface area contributed by atoms with E-state index in [-0.39, 0.29) is 19.0 Å². The van der Waals surface area contributed by atoms with Gasteiger partial charge < -0.3 is 19.7 Å². The van der Waals surface area contributed by atoms with E-state index in [0.29, 0.717) is 0 Å². The standard InChI is InChI=1S/C5H8O4/c1-4-8-3-2-5(6,7)9-4/h6-7H,1-3H2. The zero-order valence-corrected chi connectivity index (χ0v) is 4.83. The van der Waals surface area contributed by atoms with Gasteiger partial charge in [-0.25, -0.2) is 0 Å². The van der Waals surface area contributed by atoms with Crippen molar-refractivity contribution in [1.82, 2.24) is 0 Å². The van der Waals surface area contributed by atoms with Gasteiger partial charge in [0.05, 0.1) is 6.42 Å². The molecule has 1 saturated heterocycles. The molecule has 0 amide bonds. The highest BCUT2D eigenvalue weighted by molar-refractivity contribution is 4.75. The van der Waals surface area contributed by atoms with E-state index < -0.39 is 5.97 Å². The minimum Gasteiger partial charge on any atom is -0.465 e. The van der Waals surface area contributed by atoms with Crippen LogP contribution in [0.4, 0.5) is 0 Å². The molecule has 1 heterocycles.